The number of carbonyl (C=O) groups is 1. The van der Waals surface area contributed by atoms with Crippen LogP contribution in [0, 0.1) is 11.3 Å². The van der Waals surface area contributed by atoms with Gasteiger partial charge in [0.2, 0.25) is 11.9 Å². The molecule has 2 aliphatic rings. The fourth-order valence-electron chi connectivity index (χ4n) is 5.07. The molecular formula is C31H33F3N10O3. The highest BCUT2D eigenvalue weighted by molar-refractivity contribution is 5.73. The number of rotatable bonds is 6. The topological polar surface area (TPSA) is 160 Å². The molecule has 4 heterocycles. The normalized spacial score (nSPS) is 15.8. The highest BCUT2D eigenvalue weighted by Gasteiger charge is 2.38. The number of nitrogens with zero attached hydrogens (tertiary/aromatic N) is 9. The summed E-state index contributed by atoms with van der Waals surface area (Å²) in [5.41, 5.74) is 4.88. The predicted octanol–water partition coefficient (Wildman–Crippen LogP) is 3.69. The van der Waals surface area contributed by atoms with Crippen molar-refractivity contribution < 1.29 is 28.2 Å². The number of alkyl halides is 3. The van der Waals surface area contributed by atoms with Crippen molar-refractivity contribution in [3.8, 4) is 23.0 Å². The number of piperidine rings is 1. The van der Waals surface area contributed by atoms with Gasteiger partial charge < -0.3 is 30.2 Å². The van der Waals surface area contributed by atoms with Gasteiger partial charge in [-0.05, 0) is 68.4 Å². The molecule has 0 atom stereocenters. The summed E-state index contributed by atoms with van der Waals surface area (Å²) in [6, 6.07) is 17.8. The first-order chi connectivity index (χ1) is 22.5. The predicted molar refractivity (Wildman–Crippen MR) is 168 cm³/mol. The average Bonchev–Trinajstić information content (AvgIpc) is 3.56. The maximum absolute atomic E-state index is 10.6. The second kappa shape index (κ2) is 14.4. The maximum atomic E-state index is 10.6. The summed E-state index contributed by atoms with van der Waals surface area (Å²) >= 11 is 0. The fourth-order valence-corrected chi connectivity index (χ4v) is 5.07. The third kappa shape index (κ3) is 8.71. The van der Waals surface area contributed by atoms with Crippen LogP contribution in [0.25, 0.3) is 16.9 Å². The van der Waals surface area contributed by atoms with Crippen LogP contribution in [-0.2, 0) is 4.79 Å². The molecule has 0 aliphatic carbocycles. The molecule has 4 aromatic rings. The van der Waals surface area contributed by atoms with Crippen LogP contribution in [-0.4, -0.2) is 104 Å². The molecular weight excluding hydrogens is 617 g/mol. The summed E-state index contributed by atoms with van der Waals surface area (Å²) in [5, 5.41) is 34.6. The number of carboxylic acids is 1. The first-order valence-corrected chi connectivity index (χ1v) is 14.8. The maximum Gasteiger partial charge on any atom is 0.490 e. The Hall–Kier alpha value is -5.27. The van der Waals surface area contributed by atoms with Gasteiger partial charge in [0.05, 0.1) is 29.1 Å². The minimum atomic E-state index is -5.08. The van der Waals surface area contributed by atoms with Crippen LogP contribution in [0.4, 0.5) is 36.4 Å². The molecule has 2 saturated heterocycles. The lowest BCUT2D eigenvalue weighted by Crippen LogP contribution is -2.45. The third-order valence-corrected chi connectivity index (χ3v) is 7.72. The van der Waals surface area contributed by atoms with Crippen molar-refractivity contribution in [2.45, 2.75) is 25.1 Å². The van der Waals surface area contributed by atoms with E-state index < -0.39 is 12.1 Å². The van der Waals surface area contributed by atoms with E-state index in [1.165, 1.54) is 0 Å². The van der Waals surface area contributed by atoms with Gasteiger partial charge >= 0.3 is 12.1 Å². The molecule has 0 unspecified atom stereocenters. The van der Waals surface area contributed by atoms with Crippen molar-refractivity contribution in [1.82, 2.24) is 29.6 Å². The van der Waals surface area contributed by atoms with E-state index in [1.807, 2.05) is 48.5 Å². The lowest BCUT2D eigenvalue weighted by molar-refractivity contribution is -0.192. The van der Waals surface area contributed by atoms with Gasteiger partial charge in [-0.25, -0.2) is 19.4 Å². The number of carboxylic acid groups (broad SMARTS) is 1. The summed E-state index contributed by atoms with van der Waals surface area (Å²) in [4.78, 5) is 29.3. The molecule has 0 amide bonds. The number of piperazine rings is 1. The summed E-state index contributed by atoms with van der Waals surface area (Å²) < 4.78 is 33.5. The molecule has 2 aliphatic heterocycles. The molecule has 0 radical (unpaired) electrons. The number of aliphatic hydroxyl groups excluding tert-OH is 1. The van der Waals surface area contributed by atoms with E-state index in [9.17, 15) is 23.5 Å². The van der Waals surface area contributed by atoms with Gasteiger partial charge in [0.25, 0.3) is 0 Å². The lowest BCUT2D eigenvalue weighted by atomic mass is 10.0. The van der Waals surface area contributed by atoms with E-state index in [0.29, 0.717) is 11.5 Å². The SMILES string of the molecule is CN1CCN(c2ncn(-c3ccc(Nc4nccc(-c5cc(C#N)cc(N6CCC(O)CC6)c5)n4)cc3)n2)CC1.O=C(O)C(F)(F)F. The first kappa shape index (κ1) is 33.1. The van der Waals surface area contributed by atoms with E-state index >= 15 is 0 Å². The number of aliphatic hydroxyl groups is 1. The molecule has 2 aromatic heterocycles. The first-order valence-electron chi connectivity index (χ1n) is 14.8. The number of benzene rings is 2. The number of hydrogen-bond donors (Lipinski definition) is 3. The van der Waals surface area contributed by atoms with Gasteiger partial charge in [-0.15, -0.1) is 5.10 Å². The number of nitriles is 1. The molecule has 0 saturated carbocycles. The van der Waals surface area contributed by atoms with E-state index in [0.717, 1.165) is 86.4 Å². The van der Waals surface area contributed by atoms with Gasteiger partial charge in [-0.2, -0.15) is 23.4 Å². The summed E-state index contributed by atoms with van der Waals surface area (Å²) in [6.45, 7) is 5.38. The average molecular weight is 651 g/mol. The van der Waals surface area contributed by atoms with E-state index in [-0.39, 0.29) is 6.10 Å². The van der Waals surface area contributed by atoms with Crippen molar-refractivity contribution in [3.05, 3.63) is 66.6 Å². The standard InChI is InChI=1S/C29H32N10O.C2HF3O2/c1-36-12-14-38(15-13-36)29-32-20-39(35-29)24-4-2-23(3-5-24)33-28-31-9-6-27(34-28)22-16-21(19-30)17-25(18-22)37-10-7-26(40)8-11-37;3-2(4,5)1(6)7/h2-6,9,16-18,20,26,40H,7-8,10-15H2,1H3,(H,31,33,34);(H,6,7). The number of halogens is 3. The fraction of sp³-hybridized carbons (Fsp3) is 0.355. The van der Waals surface area contributed by atoms with Crippen molar-refractivity contribution in [2.24, 2.45) is 0 Å². The van der Waals surface area contributed by atoms with Gasteiger partial charge in [0.1, 0.15) is 6.33 Å². The highest BCUT2D eigenvalue weighted by atomic mass is 19.4. The molecule has 2 fully saturated rings. The quantitative estimate of drug-likeness (QED) is 0.278. The van der Waals surface area contributed by atoms with Crippen LogP contribution in [0.2, 0.25) is 0 Å². The number of hydrogen-bond acceptors (Lipinski definition) is 11. The summed E-state index contributed by atoms with van der Waals surface area (Å²) in [7, 11) is 2.13. The summed E-state index contributed by atoms with van der Waals surface area (Å²) in [6.07, 6.45) is -0.431. The molecule has 0 bridgehead atoms. The number of anilines is 4. The Labute approximate surface area is 268 Å². The van der Waals surface area contributed by atoms with Gasteiger partial charge in [0, 0.05) is 62.4 Å². The van der Waals surface area contributed by atoms with Crippen LogP contribution in [0.1, 0.15) is 18.4 Å². The monoisotopic (exact) mass is 650 g/mol. The second-order valence-electron chi connectivity index (χ2n) is 11.1. The zero-order valence-corrected chi connectivity index (χ0v) is 25.5. The Morgan fingerprint density at radius 2 is 1.64 bits per heavy atom. The summed E-state index contributed by atoms with van der Waals surface area (Å²) in [5.74, 6) is -1.54. The van der Waals surface area contributed by atoms with E-state index in [4.69, 9.17) is 14.9 Å². The smallest absolute Gasteiger partial charge is 0.475 e. The number of aliphatic carboxylic acids is 1. The lowest BCUT2D eigenvalue weighted by Gasteiger charge is -2.31. The number of nitrogens with one attached hydrogen (secondary N) is 1. The Morgan fingerprint density at radius 1 is 0.957 bits per heavy atom. The number of likely N-dealkylation sites (N-methyl/N-ethyl adjacent to an activating group) is 1. The zero-order chi connectivity index (χ0) is 33.6. The largest absolute Gasteiger partial charge is 0.490 e. The minimum Gasteiger partial charge on any atom is -0.475 e. The Kier molecular flexibility index (Phi) is 10.2. The Balaban J connectivity index is 0.000000559. The van der Waals surface area contributed by atoms with Crippen LogP contribution in [0.3, 0.4) is 0 Å². The van der Waals surface area contributed by atoms with Crippen LogP contribution in [0.5, 0.6) is 0 Å². The van der Waals surface area contributed by atoms with Crippen LogP contribution >= 0.6 is 0 Å². The van der Waals surface area contributed by atoms with Crippen molar-refractivity contribution in [3.63, 3.8) is 0 Å². The van der Waals surface area contributed by atoms with E-state index in [2.05, 4.69) is 48.2 Å². The molecule has 2 aromatic carbocycles. The van der Waals surface area contributed by atoms with Crippen molar-refractivity contribution in [1.29, 1.82) is 5.26 Å². The zero-order valence-electron chi connectivity index (χ0n) is 25.5. The van der Waals surface area contributed by atoms with Gasteiger partial charge in [-0.1, -0.05) is 0 Å². The second-order valence-corrected chi connectivity index (χ2v) is 11.1. The highest BCUT2D eigenvalue weighted by Crippen LogP contribution is 2.29. The molecule has 16 heteroatoms. The molecule has 13 nitrogen and oxygen atoms in total. The molecule has 0 spiro atoms. The third-order valence-electron chi connectivity index (χ3n) is 7.72. The molecule has 3 N–H and O–H groups in total. The molecule has 47 heavy (non-hydrogen) atoms. The molecule has 246 valence electrons. The van der Waals surface area contributed by atoms with Gasteiger partial charge in [-0.3, -0.25) is 0 Å². The Bertz CT molecular complexity index is 1710. The van der Waals surface area contributed by atoms with Crippen molar-refractivity contribution in [2.75, 3.05) is 61.4 Å². The van der Waals surface area contributed by atoms with Crippen molar-refractivity contribution >= 4 is 29.2 Å². The molecule has 6 rings (SSSR count). The van der Waals surface area contributed by atoms with E-state index in [1.54, 1.807) is 17.2 Å². The Morgan fingerprint density at radius 3 is 2.28 bits per heavy atom. The van der Waals surface area contributed by atoms with Crippen LogP contribution in [0.15, 0.2) is 61.1 Å². The number of aromatic nitrogens is 5. The van der Waals surface area contributed by atoms with Gasteiger partial charge in [0.15, 0.2) is 0 Å². The van der Waals surface area contributed by atoms with Crippen LogP contribution < -0.4 is 15.1 Å². The minimum absolute atomic E-state index is 0.254.